The van der Waals surface area contributed by atoms with Crippen molar-refractivity contribution in [3.8, 4) is 0 Å². The number of anilines is 1. The van der Waals surface area contributed by atoms with Crippen molar-refractivity contribution in [3.05, 3.63) is 24.0 Å². The molecule has 1 unspecified atom stereocenters. The molecule has 1 aromatic carbocycles. The van der Waals surface area contributed by atoms with Gasteiger partial charge in [0.05, 0.1) is 12.3 Å². The summed E-state index contributed by atoms with van der Waals surface area (Å²) in [6.07, 6.45) is 0. The SMILES string of the molecule is CCN(C(C)COC)S(=O)(=O)c1c(N)cccc1F. The fraction of sp³-hybridized carbons (Fsp3) is 0.500. The molecule has 5 nitrogen and oxygen atoms in total. The number of hydrogen-bond donors (Lipinski definition) is 1. The highest BCUT2D eigenvalue weighted by Crippen LogP contribution is 2.26. The first kappa shape index (κ1) is 15.9. The molecule has 7 heteroatoms. The lowest BCUT2D eigenvalue weighted by Crippen LogP contribution is -2.41. The number of nitrogens with zero attached hydrogens (tertiary/aromatic N) is 1. The van der Waals surface area contributed by atoms with Crippen LogP contribution in [0.3, 0.4) is 0 Å². The van der Waals surface area contributed by atoms with Crippen LogP contribution in [0.25, 0.3) is 0 Å². The average Bonchev–Trinajstić information content (AvgIpc) is 2.28. The summed E-state index contributed by atoms with van der Waals surface area (Å²) in [5.74, 6) is -0.844. The van der Waals surface area contributed by atoms with E-state index in [2.05, 4.69) is 0 Å². The van der Waals surface area contributed by atoms with Crippen LogP contribution in [0.2, 0.25) is 0 Å². The van der Waals surface area contributed by atoms with Crippen LogP contribution in [0.15, 0.2) is 23.1 Å². The van der Waals surface area contributed by atoms with Gasteiger partial charge in [-0.25, -0.2) is 12.8 Å². The Balaban J connectivity index is 3.29. The van der Waals surface area contributed by atoms with E-state index in [-0.39, 0.29) is 18.8 Å². The van der Waals surface area contributed by atoms with Gasteiger partial charge < -0.3 is 10.5 Å². The first-order valence-corrected chi connectivity index (χ1v) is 7.35. The highest BCUT2D eigenvalue weighted by molar-refractivity contribution is 7.89. The minimum Gasteiger partial charge on any atom is -0.398 e. The van der Waals surface area contributed by atoms with E-state index in [1.807, 2.05) is 0 Å². The van der Waals surface area contributed by atoms with E-state index in [0.29, 0.717) is 0 Å². The van der Waals surface area contributed by atoms with Crippen molar-refractivity contribution in [1.82, 2.24) is 4.31 Å². The third-order valence-corrected chi connectivity index (χ3v) is 4.96. The van der Waals surface area contributed by atoms with Crippen molar-refractivity contribution >= 4 is 15.7 Å². The number of benzene rings is 1. The van der Waals surface area contributed by atoms with E-state index >= 15 is 0 Å². The molecule has 1 rings (SSSR count). The van der Waals surface area contributed by atoms with E-state index in [1.165, 1.54) is 23.5 Å². The minimum absolute atomic E-state index is 0.0944. The lowest BCUT2D eigenvalue weighted by atomic mass is 10.3. The van der Waals surface area contributed by atoms with Gasteiger partial charge in [0.2, 0.25) is 10.0 Å². The van der Waals surface area contributed by atoms with Crippen molar-refractivity contribution < 1.29 is 17.5 Å². The molecule has 0 spiro atoms. The number of rotatable bonds is 6. The molecule has 0 fully saturated rings. The van der Waals surface area contributed by atoms with E-state index in [4.69, 9.17) is 10.5 Å². The van der Waals surface area contributed by atoms with Gasteiger partial charge in [0, 0.05) is 19.7 Å². The standard InChI is InChI=1S/C12H19FN2O3S/c1-4-15(9(2)8-18-3)19(16,17)12-10(13)6-5-7-11(12)14/h5-7,9H,4,8,14H2,1-3H3. The van der Waals surface area contributed by atoms with Gasteiger partial charge in [-0.05, 0) is 19.1 Å². The monoisotopic (exact) mass is 290 g/mol. The Morgan fingerprint density at radius 2 is 2.11 bits per heavy atom. The summed E-state index contributed by atoms with van der Waals surface area (Å²) in [4.78, 5) is -0.472. The van der Waals surface area contributed by atoms with Crippen molar-refractivity contribution in [3.63, 3.8) is 0 Å². The number of halogens is 1. The van der Waals surface area contributed by atoms with Gasteiger partial charge >= 0.3 is 0 Å². The van der Waals surface area contributed by atoms with Crippen LogP contribution in [-0.2, 0) is 14.8 Å². The van der Waals surface area contributed by atoms with Crippen LogP contribution in [-0.4, -0.2) is 39.0 Å². The van der Waals surface area contributed by atoms with Gasteiger partial charge in [-0.3, -0.25) is 0 Å². The Morgan fingerprint density at radius 1 is 1.47 bits per heavy atom. The Kier molecular flexibility index (Phi) is 5.28. The zero-order valence-electron chi connectivity index (χ0n) is 11.3. The molecule has 19 heavy (non-hydrogen) atoms. The number of methoxy groups -OCH3 is 1. The summed E-state index contributed by atoms with van der Waals surface area (Å²) < 4.78 is 44.8. The maximum absolute atomic E-state index is 13.8. The van der Waals surface area contributed by atoms with Crippen molar-refractivity contribution in [2.24, 2.45) is 0 Å². The molecule has 0 amide bonds. The van der Waals surface area contributed by atoms with Crippen LogP contribution in [0.5, 0.6) is 0 Å². The average molecular weight is 290 g/mol. The molecular weight excluding hydrogens is 271 g/mol. The van der Waals surface area contributed by atoms with E-state index < -0.39 is 26.8 Å². The molecule has 108 valence electrons. The first-order valence-electron chi connectivity index (χ1n) is 5.91. The maximum Gasteiger partial charge on any atom is 0.248 e. The number of sulfonamides is 1. The third-order valence-electron chi connectivity index (χ3n) is 2.78. The molecule has 2 N–H and O–H groups in total. The van der Waals surface area contributed by atoms with Crippen LogP contribution in [0, 0.1) is 5.82 Å². The molecule has 0 aliphatic carbocycles. The lowest BCUT2D eigenvalue weighted by molar-refractivity contribution is 0.142. The Morgan fingerprint density at radius 3 is 2.58 bits per heavy atom. The molecule has 0 aromatic heterocycles. The molecule has 0 radical (unpaired) electrons. The van der Waals surface area contributed by atoms with Gasteiger partial charge in [-0.1, -0.05) is 13.0 Å². The molecule has 1 atom stereocenters. The van der Waals surface area contributed by atoms with Crippen LogP contribution in [0.1, 0.15) is 13.8 Å². The summed E-state index contributed by atoms with van der Waals surface area (Å²) in [7, 11) is -2.50. The molecule has 0 heterocycles. The molecule has 0 bridgehead atoms. The Hall–Kier alpha value is -1.18. The summed E-state index contributed by atoms with van der Waals surface area (Å²) in [6, 6.07) is 3.42. The zero-order chi connectivity index (χ0) is 14.6. The molecule has 1 aromatic rings. The fourth-order valence-corrected chi connectivity index (χ4v) is 3.75. The van der Waals surface area contributed by atoms with Crippen molar-refractivity contribution in [2.45, 2.75) is 24.8 Å². The first-order chi connectivity index (χ1) is 8.86. The molecular formula is C12H19FN2O3S. The second-order valence-electron chi connectivity index (χ2n) is 4.17. The van der Waals surface area contributed by atoms with Gasteiger partial charge in [0.25, 0.3) is 0 Å². The van der Waals surface area contributed by atoms with Crippen LogP contribution < -0.4 is 5.73 Å². The lowest BCUT2D eigenvalue weighted by Gasteiger charge is -2.27. The number of likely N-dealkylation sites (N-methyl/N-ethyl adjacent to an activating group) is 1. The molecule has 0 aliphatic rings. The fourth-order valence-electron chi connectivity index (χ4n) is 1.96. The van der Waals surface area contributed by atoms with Crippen LogP contribution >= 0.6 is 0 Å². The second-order valence-corrected chi connectivity index (χ2v) is 6.00. The number of ether oxygens (including phenoxy) is 1. The largest absolute Gasteiger partial charge is 0.398 e. The third kappa shape index (κ3) is 3.23. The topological polar surface area (TPSA) is 72.6 Å². The minimum atomic E-state index is -3.98. The van der Waals surface area contributed by atoms with Crippen molar-refractivity contribution in [1.29, 1.82) is 0 Å². The molecule has 0 saturated carbocycles. The molecule has 0 saturated heterocycles. The van der Waals surface area contributed by atoms with Crippen molar-refractivity contribution in [2.75, 3.05) is 26.0 Å². The molecule has 0 aliphatic heterocycles. The Bertz CT molecular complexity index is 514. The number of nitrogens with two attached hydrogens (primary N) is 1. The summed E-state index contributed by atoms with van der Waals surface area (Å²) in [5.41, 5.74) is 5.50. The summed E-state index contributed by atoms with van der Waals surface area (Å²) >= 11 is 0. The number of hydrogen-bond acceptors (Lipinski definition) is 4. The predicted octanol–water partition coefficient (Wildman–Crippen LogP) is 1.45. The van der Waals surface area contributed by atoms with Gasteiger partial charge in [-0.15, -0.1) is 0 Å². The van der Waals surface area contributed by atoms with Crippen LogP contribution in [0.4, 0.5) is 10.1 Å². The predicted molar refractivity (Wildman–Crippen MR) is 71.7 cm³/mol. The second kappa shape index (κ2) is 6.31. The van der Waals surface area contributed by atoms with Gasteiger partial charge in [0.1, 0.15) is 10.7 Å². The highest BCUT2D eigenvalue weighted by Gasteiger charge is 2.31. The van der Waals surface area contributed by atoms with Gasteiger partial charge in [0.15, 0.2) is 0 Å². The van der Waals surface area contributed by atoms with E-state index in [9.17, 15) is 12.8 Å². The smallest absolute Gasteiger partial charge is 0.248 e. The Labute approximate surface area is 113 Å². The quantitative estimate of drug-likeness (QED) is 0.805. The summed E-state index contributed by atoms with van der Waals surface area (Å²) in [6.45, 7) is 3.81. The summed E-state index contributed by atoms with van der Waals surface area (Å²) in [5, 5.41) is 0. The highest BCUT2D eigenvalue weighted by atomic mass is 32.2. The maximum atomic E-state index is 13.8. The van der Waals surface area contributed by atoms with E-state index in [1.54, 1.807) is 13.8 Å². The zero-order valence-corrected chi connectivity index (χ0v) is 12.1. The number of nitrogen functional groups attached to an aromatic ring is 1. The van der Waals surface area contributed by atoms with Gasteiger partial charge in [-0.2, -0.15) is 4.31 Å². The normalized spacial score (nSPS) is 13.7. The van der Waals surface area contributed by atoms with E-state index in [0.717, 1.165) is 6.07 Å².